The molecule has 110 valence electrons. The lowest BCUT2D eigenvalue weighted by atomic mass is 9.87. The van der Waals surface area contributed by atoms with Crippen LogP contribution in [0.15, 0.2) is 30.6 Å². The van der Waals surface area contributed by atoms with Crippen LogP contribution in [-0.2, 0) is 4.79 Å². The average Bonchev–Trinajstić information content (AvgIpc) is 2.43. The van der Waals surface area contributed by atoms with Gasteiger partial charge in [0.25, 0.3) is 5.69 Å². The van der Waals surface area contributed by atoms with Crippen LogP contribution in [0.4, 0.5) is 5.69 Å². The molecule has 6 heteroatoms. The zero-order valence-corrected chi connectivity index (χ0v) is 11.8. The summed E-state index contributed by atoms with van der Waals surface area (Å²) >= 11 is 0. The van der Waals surface area contributed by atoms with E-state index in [1.165, 1.54) is 18.5 Å². The van der Waals surface area contributed by atoms with E-state index in [4.69, 9.17) is 0 Å². The van der Waals surface area contributed by atoms with E-state index >= 15 is 0 Å². The predicted octanol–water partition coefficient (Wildman–Crippen LogP) is 3.36. The number of pyridine rings is 1. The number of hydrogen-bond acceptors (Lipinski definition) is 4. The number of non-ortho nitro benzene ring substituents is 1. The molecular formula is C15H16N2O4. The fraction of sp³-hybridized carbons (Fsp3) is 0.333. The van der Waals surface area contributed by atoms with Crippen LogP contribution >= 0.6 is 0 Å². The lowest BCUT2D eigenvalue weighted by molar-refractivity contribution is -0.383. The van der Waals surface area contributed by atoms with E-state index in [1.54, 1.807) is 12.1 Å². The second-order valence-electron chi connectivity index (χ2n) is 5.37. The topological polar surface area (TPSA) is 93.3 Å². The second kappa shape index (κ2) is 5.87. The predicted molar refractivity (Wildman–Crippen MR) is 78.2 cm³/mol. The molecule has 1 N–H and O–H groups in total. The molecule has 0 aliphatic carbocycles. The monoisotopic (exact) mass is 288 g/mol. The van der Waals surface area contributed by atoms with Gasteiger partial charge in [0.2, 0.25) is 0 Å². The lowest BCUT2D eigenvalue weighted by Crippen LogP contribution is -2.14. The maximum Gasteiger partial charge on any atom is 0.311 e. The molecule has 1 unspecified atom stereocenters. The highest BCUT2D eigenvalue weighted by Gasteiger charge is 2.25. The number of nitro benzene ring substituents is 1. The van der Waals surface area contributed by atoms with E-state index < -0.39 is 16.8 Å². The van der Waals surface area contributed by atoms with Crippen LogP contribution in [0, 0.1) is 16.0 Å². The van der Waals surface area contributed by atoms with E-state index in [1.807, 2.05) is 13.8 Å². The summed E-state index contributed by atoms with van der Waals surface area (Å²) in [4.78, 5) is 26.0. The third-order valence-electron chi connectivity index (χ3n) is 3.41. The van der Waals surface area contributed by atoms with Crippen LogP contribution in [-0.4, -0.2) is 21.0 Å². The van der Waals surface area contributed by atoms with Gasteiger partial charge >= 0.3 is 5.97 Å². The molecule has 2 rings (SSSR count). The van der Waals surface area contributed by atoms with Gasteiger partial charge < -0.3 is 5.11 Å². The van der Waals surface area contributed by atoms with Crippen molar-refractivity contribution in [2.24, 2.45) is 5.92 Å². The molecule has 2 aromatic rings. The molecule has 21 heavy (non-hydrogen) atoms. The maximum atomic E-state index is 11.5. The van der Waals surface area contributed by atoms with Gasteiger partial charge in [-0.25, -0.2) is 0 Å². The lowest BCUT2D eigenvalue weighted by Gasteiger charge is -2.17. The molecule has 0 amide bonds. The highest BCUT2D eigenvalue weighted by molar-refractivity contribution is 5.95. The molecule has 1 aromatic carbocycles. The minimum Gasteiger partial charge on any atom is -0.481 e. The summed E-state index contributed by atoms with van der Waals surface area (Å²) in [5.74, 6) is -1.40. The van der Waals surface area contributed by atoms with Gasteiger partial charge in [-0.3, -0.25) is 19.9 Å². The fourth-order valence-corrected chi connectivity index (χ4v) is 2.49. The van der Waals surface area contributed by atoms with Gasteiger partial charge in [-0.15, -0.1) is 0 Å². The average molecular weight is 288 g/mol. The van der Waals surface area contributed by atoms with Crippen molar-refractivity contribution >= 4 is 22.4 Å². The van der Waals surface area contributed by atoms with E-state index in [0.29, 0.717) is 22.8 Å². The van der Waals surface area contributed by atoms with Gasteiger partial charge in [-0.2, -0.15) is 0 Å². The number of hydrogen-bond donors (Lipinski definition) is 1. The number of aromatic nitrogens is 1. The Morgan fingerprint density at radius 1 is 1.33 bits per heavy atom. The van der Waals surface area contributed by atoms with E-state index in [0.717, 1.165) is 0 Å². The Bertz CT molecular complexity index is 697. The van der Waals surface area contributed by atoms with E-state index in [2.05, 4.69) is 4.98 Å². The summed E-state index contributed by atoms with van der Waals surface area (Å²) in [5.41, 5.74) is 0.537. The standard InChI is InChI=1S/C15H16N2O4/c1-9(2)7-12(15(18)19)10-3-4-14(17(20)21)13-8-16-6-5-11(10)13/h3-6,8-9,12H,7H2,1-2H3,(H,18,19). The van der Waals surface area contributed by atoms with Gasteiger partial charge in [0.05, 0.1) is 16.2 Å². The first-order chi connectivity index (χ1) is 9.91. The molecule has 0 radical (unpaired) electrons. The molecule has 0 aliphatic rings. The van der Waals surface area contributed by atoms with Crippen LogP contribution in [0.5, 0.6) is 0 Å². The summed E-state index contributed by atoms with van der Waals surface area (Å²) in [6.07, 6.45) is 3.40. The fourth-order valence-electron chi connectivity index (χ4n) is 2.49. The molecule has 0 saturated heterocycles. The summed E-state index contributed by atoms with van der Waals surface area (Å²) in [7, 11) is 0. The molecular weight excluding hydrogens is 272 g/mol. The highest BCUT2D eigenvalue weighted by atomic mass is 16.6. The third kappa shape index (κ3) is 2.99. The quantitative estimate of drug-likeness (QED) is 0.672. The summed E-state index contributed by atoms with van der Waals surface area (Å²) in [6, 6.07) is 4.53. The van der Waals surface area contributed by atoms with Crippen LogP contribution in [0.3, 0.4) is 0 Å². The van der Waals surface area contributed by atoms with Crippen molar-refractivity contribution in [3.8, 4) is 0 Å². The van der Waals surface area contributed by atoms with Crippen LogP contribution in [0.25, 0.3) is 10.8 Å². The van der Waals surface area contributed by atoms with Gasteiger partial charge in [-0.05, 0) is 29.4 Å². The van der Waals surface area contributed by atoms with Crippen molar-refractivity contribution in [3.05, 3.63) is 46.3 Å². The SMILES string of the molecule is CC(C)CC(C(=O)O)c1ccc([N+](=O)[O-])c2cnccc12. The first kappa shape index (κ1) is 14.9. The van der Waals surface area contributed by atoms with Crippen LogP contribution in [0.1, 0.15) is 31.7 Å². The largest absolute Gasteiger partial charge is 0.481 e. The number of rotatable bonds is 5. The van der Waals surface area contributed by atoms with Crippen molar-refractivity contribution in [2.75, 3.05) is 0 Å². The molecule has 0 fully saturated rings. The number of carboxylic acids is 1. The van der Waals surface area contributed by atoms with Crippen molar-refractivity contribution in [3.63, 3.8) is 0 Å². The number of aliphatic carboxylic acids is 1. The molecule has 1 aromatic heterocycles. The van der Waals surface area contributed by atoms with E-state index in [-0.39, 0.29) is 11.6 Å². The maximum absolute atomic E-state index is 11.5. The first-order valence-corrected chi connectivity index (χ1v) is 6.65. The molecule has 0 aliphatic heterocycles. The Morgan fingerprint density at radius 3 is 2.62 bits per heavy atom. The number of carboxylic acid groups (broad SMARTS) is 1. The molecule has 1 heterocycles. The highest BCUT2D eigenvalue weighted by Crippen LogP contribution is 2.34. The summed E-state index contributed by atoms with van der Waals surface area (Å²) in [6.45, 7) is 3.90. The van der Waals surface area contributed by atoms with Crippen molar-refractivity contribution in [1.82, 2.24) is 4.98 Å². The number of nitro groups is 1. The van der Waals surface area contributed by atoms with Gasteiger partial charge in [0.1, 0.15) is 0 Å². The number of carbonyl (C=O) groups is 1. The van der Waals surface area contributed by atoms with Crippen LogP contribution < -0.4 is 0 Å². The summed E-state index contributed by atoms with van der Waals surface area (Å²) < 4.78 is 0. The molecule has 1 atom stereocenters. The van der Waals surface area contributed by atoms with Gasteiger partial charge in [-0.1, -0.05) is 19.9 Å². The van der Waals surface area contributed by atoms with Gasteiger partial charge in [0.15, 0.2) is 0 Å². The Hall–Kier alpha value is -2.50. The second-order valence-corrected chi connectivity index (χ2v) is 5.37. The molecule has 6 nitrogen and oxygen atoms in total. The minimum absolute atomic E-state index is 0.0597. The number of nitrogens with zero attached hydrogens (tertiary/aromatic N) is 2. The normalized spacial score (nSPS) is 12.5. The van der Waals surface area contributed by atoms with E-state index in [9.17, 15) is 20.0 Å². The minimum atomic E-state index is -0.921. The first-order valence-electron chi connectivity index (χ1n) is 6.65. The molecule has 0 bridgehead atoms. The van der Waals surface area contributed by atoms with Gasteiger partial charge in [0, 0.05) is 18.5 Å². The summed E-state index contributed by atoms with van der Waals surface area (Å²) in [5, 5.41) is 21.5. The Kier molecular flexibility index (Phi) is 4.16. The molecule has 0 spiro atoms. The number of fused-ring (bicyclic) bond motifs is 1. The third-order valence-corrected chi connectivity index (χ3v) is 3.41. The van der Waals surface area contributed by atoms with Crippen molar-refractivity contribution in [1.29, 1.82) is 0 Å². The Balaban J connectivity index is 2.67. The zero-order valence-electron chi connectivity index (χ0n) is 11.8. The number of benzene rings is 1. The van der Waals surface area contributed by atoms with Crippen molar-refractivity contribution in [2.45, 2.75) is 26.2 Å². The smallest absolute Gasteiger partial charge is 0.311 e. The Morgan fingerprint density at radius 2 is 2.05 bits per heavy atom. The van der Waals surface area contributed by atoms with Crippen LogP contribution in [0.2, 0.25) is 0 Å². The zero-order chi connectivity index (χ0) is 15.6. The molecule has 0 saturated carbocycles. The van der Waals surface area contributed by atoms with Crippen molar-refractivity contribution < 1.29 is 14.8 Å². The Labute approximate surface area is 121 Å².